The van der Waals surface area contributed by atoms with E-state index in [9.17, 15) is 0 Å². The minimum absolute atomic E-state index is 0.240. The Labute approximate surface area is 120 Å². The SMILES string of the molecule is COc1cccc(C(Cn2cncc2CN)N(C)C)c1. The van der Waals surface area contributed by atoms with Crippen molar-refractivity contribution in [3.63, 3.8) is 0 Å². The van der Waals surface area contributed by atoms with Crippen LogP contribution in [-0.4, -0.2) is 35.7 Å². The van der Waals surface area contributed by atoms with Crippen LogP contribution in [0.3, 0.4) is 0 Å². The summed E-state index contributed by atoms with van der Waals surface area (Å²) in [5, 5.41) is 0. The highest BCUT2D eigenvalue weighted by Crippen LogP contribution is 2.24. The Morgan fingerprint density at radius 1 is 1.40 bits per heavy atom. The van der Waals surface area contributed by atoms with Gasteiger partial charge in [-0.3, -0.25) is 0 Å². The highest BCUT2D eigenvalue weighted by molar-refractivity contribution is 5.30. The maximum atomic E-state index is 5.74. The molecule has 1 heterocycles. The number of benzene rings is 1. The van der Waals surface area contributed by atoms with Crippen LogP contribution in [0.2, 0.25) is 0 Å². The van der Waals surface area contributed by atoms with Gasteiger partial charge in [0.15, 0.2) is 0 Å². The highest BCUT2D eigenvalue weighted by Gasteiger charge is 2.16. The smallest absolute Gasteiger partial charge is 0.119 e. The molecule has 0 spiro atoms. The van der Waals surface area contributed by atoms with Crippen LogP contribution < -0.4 is 10.5 Å². The standard InChI is InChI=1S/C15H22N4O/c1-18(2)15(10-19-11-17-9-13(19)8-16)12-5-4-6-14(7-12)20-3/h4-7,9,11,15H,8,10,16H2,1-3H3. The third-order valence-corrected chi connectivity index (χ3v) is 3.48. The van der Waals surface area contributed by atoms with Crippen molar-refractivity contribution in [2.45, 2.75) is 19.1 Å². The number of methoxy groups -OCH3 is 1. The van der Waals surface area contributed by atoms with E-state index < -0.39 is 0 Å². The highest BCUT2D eigenvalue weighted by atomic mass is 16.5. The molecule has 20 heavy (non-hydrogen) atoms. The average molecular weight is 274 g/mol. The predicted molar refractivity (Wildman–Crippen MR) is 79.5 cm³/mol. The first-order chi connectivity index (χ1) is 9.65. The summed E-state index contributed by atoms with van der Waals surface area (Å²) in [7, 11) is 5.83. The van der Waals surface area contributed by atoms with Gasteiger partial charge in [-0.15, -0.1) is 0 Å². The number of ether oxygens (including phenoxy) is 1. The lowest BCUT2D eigenvalue weighted by atomic mass is 10.1. The van der Waals surface area contributed by atoms with E-state index in [0.717, 1.165) is 18.0 Å². The van der Waals surface area contributed by atoms with Gasteiger partial charge >= 0.3 is 0 Å². The maximum absolute atomic E-state index is 5.74. The second kappa shape index (κ2) is 6.54. The molecule has 0 radical (unpaired) electrons. The molecule has 2 aromatic rings. The van der Waals surface area contributed by atoms with Crippen molar-refractivity contribution in [3.8, 4) is 5.75 Å². The molecule has 0 amide bonds. The Morgan fingerprint density at radius 3 is 2.85 bits per heavy atom. The summed E-state index contributed by atoms with van der Waals surface area (Å²) in [6, 6.07) is 8.40. The van der Waals surface area contributed by atoms with Gasteiger partial charge in [0.05, 0.1) is 25.2 Å². The Kier molecular flexibility index (Phi) is 4.76. The Balaban J connectivity index is 2.27. The first-order valence-electron chi connectivity index (χ1n) is 6.65. The largest absolute Gasteiger partial charge is 0.497 e. The van der Waals surface area contributed by atoms with Crippen molar-refractivity contribution in [2.24, 2.45) is 5.73 Å². The fourth-order valence-corrected chi connectivity index (χ4v) is 2.28. The minimum Gasteiger partial charge on any atom is -0.497 e. The summed E-state index contributed by atoms with van der Waals surface area (Å²) >= 11 is 0. The number of nitrogens with zero attached hydrogens (tertiary/aromatic N) is 3. The van der Waals surface area contributed by atoms with Crippen LogP contribution in [0.4, 0.5) is 0 Å². The zero-order chi connectivity index (χ0) is 14.5. The van der Waals surface area contributed by atoms with Gasteiger partial charge in [0.2, 0.25) is 0 Å². The third kappa shape index (κ3) is 3.18. The van der Waals surface area contributed by atoms with Crippen LogP contribution in [-0.2, 0) is 13.1 Å². The number of aromatic nitrogens is 2. The summed E-state index contributed by atoms with van der Waals surface area (Å²) in [5.41, 5.74) is 7.99. The zero-order valence-corrected chi connectivity index (χ0v) is 12.3. The number of nitrogens with two attached hydrogens (primary N) is 1. The van der Waals surface area contributed by atoms with E-state index >= 15 is 0 Å². The van der Waals surface area contributed by atoms with E-state index in [2.05, 4.69) is 40.7 Å². The summed E-state index contributed by atoms with van der Waals surface area (Å²) in [6.07, 6.45) is 3.65. The van der Waals surface area contributed by atoms with Gasteiger partial charge in [0.25, 0.3) is 0 Å². The van der Waals surface area contributed by atoms with Gasteiger partial charge in [-0.2, -0.15) is 0 Å². The average Bonchev–Trinajstić information content (AvgIpc) is 2.91. The first-order valence-corrected chi connectivity index (χ1v) is 6.65. The molecule has 108 valence electrons. The van der Waals surface area contributed by atoms with Crippen molar-refractivity contribution in [2.75, 3.05) is 21.2 Å². The second-order valence-electron chi connectivity index (χ2n) is 5.00. The number of rotatable bonds is 6. The Bertz CT molecular complexity index is 550. The van der Waals surface area contributed by atoms with E-state index in [0.29, 0.717) is 6.54 Å². The normalized spacial score (nSPS) is 12.7. The number of hydrogen-bond donors (Lipinski definition) is 1. The van der Waals surface area contributed by atoms with E-state index in [1.165, 1.54) is 5.56 Å². The molecule has 0 saturated carbocycles. The molecule has 1 atom stereocenters. The molecular formula is C15H22N4O. The van der Waals surface area contributed by atoms with E-state index in [-0.39, 0.29) is 6.04 Å². The molecule has 5 nitrogen and oxygen atoms in total. The number of imidazole rings is 1. The van der Waals surface area contributed by atoms with Gasteiger partial charge in [-0.1, -0.05) is 12.1 Å². The van der Waals surface area contributed by atoms with Crippen molar-refractivity contribution in [3.05, 3.63) is 48.0 Å². The quantitative estimate of drug-likeness (QED) is 0.870. The van der Waals surface area contributed by atoms with E-state index in [1.807, 2.05) is 24.7 Å². The number of likely N-dealkylation sites (N-methyl/N-ethyl adjacent to an activating group) is 1. The molecule has 2 N–H and O–H groups in total. The Morgan fingerprint density at radius 2 is 2.20 bits per heavy atom. The topological polar surface area (TPSA) is 56.3 Å². The molecule has 5 heteroatoms. The lowest BCUT2D eigenvalue weighted by Gasteiger charge is -2.26. The Hall–Kier alpha value is -1.85. The lowest BCUT2D eigenvalue weighted by Crippen LogP contribution is -2.25. The summed E-state index contributed by atoms with van der Waals surface area (Å²) < 4.78 is 7.41. The lowest BCUT2D eigenvalue weighted by molar-refractivity contribution is 0.266. The molecule has 0 aliphatic rings. The minimum atomic E-state index is 0.240. The molecule has 0 fully saturated rings. The molecule has 1 aromatic heterocycles. The van der Waals surface area contributed by atoms with Crippen LogP contribution >= 0.6 is 0 Å². The molecule has 0 aliphatic heterocycles. The second-order valence-corrected chi connectivity index (χ2v) is 5.00. The molecular weight excluding hydrogens is 252 g/mol. The predicted octanol–water partition coefficient (Wildman–Crippen LogP) is 1.65. The van der Waals surface area contributed by atoms with Crippen LogP contribution in [0.15, 0.2) is 36.8 Å². The third-order valence-electron chi connectivity index (χ3n) is 3.48. The molecule has 0 aliphatic carbocycles. The van der Waals surface area contributed by atoms with Crippen LogP contribution in [0.25, 0.3) is 0 Å². The van der Waals surface area contributed by atoms with Crippen molar-refractivity contribution < 1.29 is 4.74 Å². The number of hydrogen-bond acceptors (Lipinski definition) is 4. The van der Waals surface area contributed by atoms with Gasteiger partial charge < -0.3 is 19.9 Å². The summed E-state index contributed by atoms with van der Waals surface area (Å²) in [5.74, 6) is 0.874. The van der Waals surface area contributed by atoms with Crippen LogP contribution in [0.1, 0.15) is 17.3 Å². The molecule has 1 aromatic carbocycles. The van der Waals surface area contributed by atoms with E-state index in [1.54, 1.807) is 7.11 Å². The first kappa shape index (κ1) is 14.6. The fourth-order valence-electron chi connectivity index (χ4n) is 2.28. The van der Waals surface area contributed by atoms with Crippen molar-refractivity contribution >= 4 is 0 Å². The summed E-state index contributed by atoms with van der Waals surface area (Å²) in [4.78, 5) is 6.36. The van der Waals surface area contributed by atoms with Gasteiger partial charge in [-0.25, -0.2) is 4.98 Å². The fraction of sp³-hybridized carbons (Fsp3) is 0.400. The van der Waals surface area contributed by atoms with E-state index in [4.69, 9.17) is 10.5 Å². The molecule has 2 rings (SSSR count). The van der Waals surface area contributed by atoms with Gasteiger partial charge in [0, 0.05) is 19.3 Å². The molecule has 0 bridgehead atoms. The van der Waals surface area contributed by atoms with Crippen LogP contribution in [0.5, 0.6) is 5.75 Å². The van der Waals surface area contributed by atoms with Gasteiger partial charge in [0.1, 0.15) is 5.75 Å². The molecule has 1 unspecified atom stereocenters. The van der Waals surface area contributed by atoms with Crippen LogP contribution in [0, 0.1) is 0 Å². The molecule has 0 saturated heterocycles. The summed E-state index contributed by atoms with van der Waals surface area (Å²) in [6.45, 7) is 1.31. The zero-order valence-electron chi connectivity index (χ0n) is 12.3. The van der Waals surface area contributed by atoms with Crippen molar-refractivity contribution in [1.82, 2.24) is 14.5 Å². The van der Waals surface area contributed by atoms with Crippen molar-refractivity contribution in [1.29, 1.82) is 0 Å². The maximum Gasteiger partial charge on any atom is 0.119 e. The monoisotopic (exact) mass is 274 g/mol. The van der Waals surface area contributed by atoms with Gasteiger partial charge in [-0.05, 0) is 31.8 Å².